The first-order valence-electron chi connectivity index (χ1n) is 6.63. The van der Waals surface area contributed by atoms with E-state index in [0.29, 0.717) is 18.0 Å². The van der Waals surface area contributed by atoms with Gasteiger partial charge in [-0.25, -0.2) is 4.90 Å². The number of carbonyl (C=O) groups excluding carboxylic acids is 2. The Hall–Kier alpha value is -2.04. The molecule has 2 aromatic rings. The number of hydrogen-bond acceptors (Lipinski definition) is 3. The molecule has 0 saturated carbocycles. The standard InChI is InChI=1S/C16H11Cl2NO3/c1-2-22-10-5-3-9(4-6-10)19-15(20)11-7-13(17)14(18)8-12(11)16(19)21/h3-8H,2H2,1H3. The van der Waals surface area contributed by atoms with Gasteiger partial charge >= 0.3 is 0 Å². The molecule has 0 atom stereocenters. The van der Waals surface area contributed by atoms with E-state index in [-0.39, 0.29) is 21.2 Å². The van der Waals surface area contributed by atoms with E-state index in [1.54, 1.807) is 24.3 Å². The summed E-state index contributed by atoms with van der Waals surface area (Å²) in [7, 11) is 0. The van der Waals surface area contributed by atoms with Crippen LogP contribution < -0.4 is 9.64 Å². The molecule has 0 saturated heterocycles. The molecule has 6 heteroatoms. The van der Waals surface area contributed by atoms with E-state index in [9.17, 15) is 9.59 Å². The number of amides is 2. The zero-order valence-corrected chi connectivity index (χ0v) is 13.1. The summed E-state index contributed by atoms with van der Waals surface area (Å²) >= 11 is 11.8. The van der Waals surface area contributed by atoms with Crippen molar-refractivity contribution in [2.75, 3.05) is 11.5 Å². The highest BCUT2D eigenvalue weighted by molar-refractivity contribution is 6.44. The van der Waals surface area contributed by atoms with Gasteiger partial charge < -0.3 is 4.74 Å². The van der Waals surface area contributed by atoms with Crippen molar-refractivity contribution in [3.8, 4) is 5.75 Å². The van der Waals surface area contributed by atoms with Gasteiger partial charge in [-0.15, -0.1) is 0 Å². The Balaban J connectivity index is 2.00. The predicted molar refractivity (Wildman–Crippen MR) is 85.2 cm³/mol. The monoisotopic (exact) mass is 335 g/mol. The Bertz CT molecular complexity index is 731. The smallest absolute Gasteiger partial charge is 0.266 e. The second-order valence-electron chi connectivity index (χ2n) is 4.68. The van der Waals surface area contributed by atoms with Crippen LogP contribution in [0.5, 0.6) is 5.75 Å². The molecule has 0 aromatic heterocycles. The lowest BCUT2D eigenvalue weighted by atomic mass is 10.1. The lowest BCUT2D eigenvalue weighted by Crippen LogP contribution is -2.29. The Morgan fingerprint density at radius 1 is 0.955 bits per heavy atom. The van der Waals surface area contributed by atoms with Crippen molar-refractivity contribution >= 4 is 40.7 Å². The van der Waals surface area contributed by atoms with Crippen molar-refractivity contribution in [2.45, 2.75) is 6.92 Å². The van der Waals surface area contributed by atoms with Crippen LogP contribution in [0, 0.1) is 0 Å². The molecule has 0 unspecified atom stereocenters. The maximum Gasteiger partial charge on any atom is 0.266 e. The van der Waals surface area contributed by atoms with Crippen LogP contribution >= 0.6 is 23.2 Å². The number of halogens is 2. The second-order valence-corrected chi connectivity index (χ2v) is 5.50. The first-order valence-corrected chi connectivity index (χ1v) is 7.39. The van der Waals surface area contributed by atoms with E-state index in [2.05, 4.69) is 0 Å². The van der Waals surface area contributed by atoms with Gasteiger partial charge in [0.1, 0.15) is 5.75 Å². The fraction of sp³-hybridized carbons (Fsp3) is 0.125. The van der Waals surface area contributed by atoms with Crippen molar-refractivity contribution < 1.29 is 14.3 Å². The highest BCUT2D eigenvalue weighted by Crippen LogP contribution is 2.34. The van der Waals surface area contributed by atoms with Gasteiger partial charge in [-0.2, -0.15) is 0 Å². The fourth-order valence-electron chi connectivity index (χ4n) is 2.33. The maximum atomic E-state index is 12.5. The van der Waals surface area contributed by atoms with Gasteiger partial charge in [-0.05, 0) is 43.3 Å². The quantitative estimate of drug-likeness (QED) is 0.790. The van der Waals surface area contributed by atoms with Gasteiger partial charge in [0.25, 0.3) is 11.8 Å². The summed E-state index contributed by atoms with van der Waals surface area (Å²) in [6.45, 7) is 2.43. The topological polar surface area (TPSA) is 46.6 Å². The Kier molecular flexibility index (Phi) is 3.81. The van der Waals surface area contributed by atoms with Crippen LogP contribution in [0.1, 0.15) is 27.6 Å². The average Bonchev–Trinajstić information content (AvgIpc) is 2.73. The third-order valence-electron chi connectivity index (χ3n) is 3.33. The van der Waals surface area contributed by atoms with Crippen LogP contribution in [-0.4, -0.2) is 18.4 Å². The van der Waals surface area contributed by atoms with E-state index < -0.39 is 11.8 Å². The first-order chi connectivity index (χ1) is 10.5. The number of nitrogens with zero attached hydrogens (tertiary/aromatic N) is 1. The number of ether oxygens (including phenoxy) is 1. The van der Waals surface area contributed by atoms with Crippen LogP contribution in [0.15, 0.2) is 36.4 Å². The van der Waals surface area contributed by atoms with E-state index in [4.69, 9.17) is 27.9 Å². The van der Waals surface area contributed by atoms with Crippen LogP contribution in [0.25, 0.3) is 0 Å². The summed E-state index contributed by atoms with van der Waals surface area (Å²) in [4.78, 5) is 26.0. The van der Waals surface area contributed by atoms with E-state index in [1.165, 1.54) is 12.1 Å². The molecule has 0 N–H and O–H groups in total. The fourth-order valence-corrected chi connectivity index (χ4v) is 2.65. The minimum absolute atomic E-state index is 0.245. The molecule has 1 aliphatic heterocycles. The molecular weight excluding hydrogens is 325 g/mol. The summed E-state index contributed by atoms with van der Waals surface area (Å²) in [5.74, 6) is -0.153. The molecule has 1 heterocycles. The minimum Gasteiger partial charge on any atom is -0.494 e. The molecule has 4 nitrogen and oxygen atoms in total. The van der Waals surface area contributed by atoms with Crippen LogP contribution in [-0.2, 0) is 0 Å². The van der Waals surface area contributed by atoms with Crippen molar-refractivity contribution in [1.29, 1.82) is 0 Å². The molecule has 0 spiro atoms. The number of imide groups is 1. The second kappa shape index (κ2) is 5.63. The molecule has 0 fully saturated rings. The molecule has 1 aliphatic rings. The van der Waals surface area contributed by atoms with Gasteiger partial charge in [0, 0.05) is 0 Å². The number of fused-ring (bicyclic) bond motifs is 1. The van der Waals surface area contributed by atoms with Gasteiger partial charge in [0.15, 0.2) is 0 Å². The SMILES string of the molecule is CCOc1ccc(N2C(=O)c3cc(Cl)c(Cl)cc3C2=O)cc1. The highest BCUT2D eigenvalue weighted by atomic mass is 35.5. The predicted octanol–water partition coefficient (Wildman–Crippen LogP) is 4.19. The van der Waals surface area contributed by atoms with Crippen molar-refractivity contribution in [1.82, 2.24) is 0 Å². The summed E-state index contributed by atoms with van der Waals surface area (Å²) in [6.07, 6.45) is 0. The largest absolute Gasteiger partial charge is 0.494 e. The molecule has 2 aromatic carbocycles. The zero-order valence-electron chi connectivity index (χ0n) is 11.6. The van der Waals surface area contributed by atoms with Crippen molar-refractivity contribution in [3.63, 3.8) is 0 Å². The number of hydrogen-bond donors (Lipinski definition) is 0. The van der Waals surface area contributed by atoms with Gasteiger partial charge in [0.05, 0.1) is 33.5 Å². The molecule has 3 rings (SSSR count). The zero-order chi connectivity index (χ0) is 15.9. The Morgan fingerprint density at radius 2 is 1.45 bits per heavy atom. The molecule has 0 bridgehead atoms. The minimum atomic E-state index is -0.414. The van der Waals surface area contributed by atoms with Gasteiger partial charge in [-0.1, -0.05) is 23.2 Å². The summed E-state index contributed by atoms with van der Waals surface area (Å²) < 4.78 is 5.35. The third-order valence-corrected chi connectivity index (χ3v) is 4.06. The summed E-state index contributed by atoms with van der Waals surface area (Å²) in [5, 5.41) is 0.491. The van der Waals surface area contributed by atoms with E-state index >= 15 is 0 Å². The summed E-state index contributed by atoms with van der Waals surface area (Å²) in [6, 6.07) is 9.60. The highest BCUT2D eigenvalue weighted by Gasteiger charge is 2.37. The Labute approximate surface area is 137 Å². The normalized spacial score (nSPS) is 13.5. The van der Waals surface area contributed by atoms with Gasteiger partial charge in [-0.3, -0.25) is 9.59 Å². The third kappa shape index (κ3) is 2.34. The maximum absolute atomic E-state index is 12.5. The molecular formula is C16H11Cl2NO3. The first kappa shape index (κ1) is 14.9. The average molecular weight is 336 g/mol. The van der Waals surface area contributed by atoms with Crippen molar-refractivity contribution in [3.05, 3.63) is 57.6 Å². The van der Waals surface area contributed by atoms with Gasteiger partial charge in [0.2, 0.25) is 0 Å². The number of anilines is 1. The lowest BCUT2D eigenvalue weighted by Gasteiger charge is -2.14. The molecule has 22 heavy (non-hydrogen) atoms. The molecule has 112 valence electrons. The van der Waals surface area contributed by atoms with Crippen LogP contribution in [0.4, 0.5) is 5.69 Å². The summed E-state index contributed by atoms with van der Waals surface area (Å²) in [5.41, 5.74) is 0.989. The lowest BCUT2D eigenvalue weighted by molar-refractivity contribution is 0.0926. The van der Waals surface area contributed by atoms with E-state index in [0.717, 1.165) is 4.90 Å². The van der Waals surface area contributed by atoms with Crippen LogP contribution in [0.2, 0.25) is 10.0 Å². The van der Waals surface area contributed by atoms with E-state index in [1.807, 2.05) is 6.92 Å². The molecule has 2 amide bonds. The molecule has 0 radical (unpaired) electrons. The van der Waals surface area contributed by atoms with Crippen LogP contribution in [0.3, 0.4) is 0 Å². The van der Waals surface area contributed by atoms with Crippen molar-refractivity contribution in [2.24, 2.45) is 0 Å². The number of carbonyl (C=O) groups is 2. The molecule has 0 aliphatic carbocycles. The number of benzene rings is 2. The Morgan fingerprint density at radius 3 is 1.91 bits per heavy atom. The number of rotatable bonds is 3.